The predicted octanol–water partition coefficient (Wildman–Crippen LogP) is 3.63. The average Bonchev–Trinajstić information content (AvgIpc) is 3.05. The molecule has 0 fully saturated rings. The zero-order valence-electron chi connectivity index (χ0n) is 12.4. The molecule has 2 aromatic carbocycles. The van der Waals surface area contributed by atoms with Crippen LogP contribution in [0, 0.1) is 0 Å². The molecule has 0 atom stereocenters. The number of aromatic nitrogens is 1. The van der Waals surface area contributed by atoms with Crippen LogP contribution in [-0.2, 0) is 0 Å². The zero-order valence-corrected chi connectivity index (χ0v) is 12.4. The van der Waals surface area contributed by atoms with Crippen molar-refractivity contribution < 1.29 is 4.79 Å². The number of benzene rings is 2. The average molecular weight is 304 g/mol. The Balaban J connectivity index is 1.63. The third kappa shape index (κ3) is 3.85. The molecule has 0 saturated heterocycles. The maximum atomic E-state index is 11.8. The molecule has 1 heterocycles. The van der Waals surface area contributed by atoms with Crippen LogP contribution in [0.25, 0.3) is 5.69 Å². The van der Waals surface area contributed by atoms with Gasteiger partial charge in [-0.05, 0) is 36.4 Å². The third-order valence-corrected chi connectivity index (χ3v) is 3.21. The van der Waals surface area contributed by atoms with E-state index in [1.807, 2.05) is 83.6 Å². The van der Waals surface area contributed by atoms with Crippen LogP contribution in [0.5, 0.6) is 0 Å². The Morgan fingerprint density at radius 1 is 0.913 bits per heavy atom. The Bertz CT molecular complexity index is 794. The molecule has 0 aliphatic heterocycles. The van der Waals surface area contributed by atoms with Gasteiger partial charge in [-0.2, -0.15) is 5.10 Å². The van der Waals surface area contributed by atoms with Gasteiger partial charge in [0.25, 0.3) is 0 Å². The number of hydrogen-bond donors (Lipinski definition) is 2. The van der Waals surface area contributed by atoms with Gasteiger partial charge in [-0.3, -0.25) is 0 Å². The lowest BCUT2D eigenvalue weighted by atomic mass is 10.3. The van der Waals surface area contributed by atoms with Gasteiger partial charge in [0.05, 0.1) is 11.9 Å². The maximum Gasteiger partial charge on any atom is 0.339 e. The Morgan fingerprint density at radius 2 is 1.61 bits per heavy atom. The Labute approximate surface area is 134 Å². The molecule has 114 valence electrons. The van der Waals surface area contributed by atoms with Crippen LogP contribution in [0.2, 0.25) is 0 Å². The van der Waals surface area contributed by atoms with Crippen molar-refractivity contribution in [2.75, 3.05) is 5.32 Å². The lowest BCUT2D eigenvalue weighted by molar-refractivity contribution is 0.252. The first-order valence-corrected chi connectivity index (χ1v) is 7.21. The zero-order chi connectivity index (χ0) is 15.9. The van der Waals surface area contributed by atoms with Crippen LogP contribution < -0.4 is 10.7 Å². The lowest BCUT2D eigenvalue weighted by Gasteiger charge is -2.06. The highest BCUT2D eigenvalue weighted by Gasteiger charge is 2.01. The Morgan fingerprint density at radius 3 is 2.35 bits per heavy atom. The number of carbonyl (C=O) groups is 1. The number of nitrogens with zero attached hydrogens (tertiary/aromatic N) is 2. The van der Waals surface area contributed by atoms with E-state index in [0.29, 0.717) is 5.69 Å². The number of anilines is 1. The first kappa shape index (κ1) is 14.6. The van der Waals surface area contributed by atoms with Crippen LogP contribution in [0.1, 0.15) is 5.69 Å². The first-order chi connectivity index (χ1) is 11.3. The second-order valence-corrected chi connectivity index (χ2v) is 4.83. The molecular weight excluding hydrogens is 288 g/mol. The monoisotopic (exact) mass is 304 g/mol. The molecule has 2 amide bonds. The highest BCUT2D eigenvalue weighted by Crippen LogP contribution is 2.10. The standard InChI is InChI=1S/C18H16N4O/c23-18(20-15-8-3-1-4-9-15)21-19-14-17-12-7-13-22(17)16-10-5-2-6-11-16/h1-14H,(H2,20,21,23)/b19-14+. The van der Waals surface area contributed by atoms with Crippen molar-refractivity contribution in [2.45, 2.75) is 0 Å². The molecule has 0 radical (unpaired) electrons. The minimum Gasteiger partial charge on any atom is -0.316 e. The van der Waals surface area contributed by atoms with E-state index in [-0.39, 0.29) is 6.03 Å². The number of urea groups is 1. The Kier molecular flexibility index (Phi) is 4.49. The Hall–Kier alpha value is -3.34. The van der Waals surface area contributed by atoms with Crippen molar-refractivity contribution in [1.82, 2.24) is 9.99 Å². The van der Waals surface area contributed by atoms with Crippen molar-refractivity contribution in [2.24, 2.45) is 5.10 Å². The minimum absolute atomic E-state index is 0.384. The summed E-state index contributed by atoms with van der Waals surface area (Å²) in [6.07, 6.45) is 3.55. The number of hydrazone groups is 1. The van der Waals surface area contributed by atoms with Crippen molar-refractivity contribution in [3.05, 3.63) is 84.7 Å². The van der Waals surface area contributed by atoms with Gasteiger partial charge in [0, 0.05) is 17.6 Å². The fourth-order valence-electron chi connectivity index (χ4n) is 2.16. The van der Waals surface area contributed by atoms with E-state index in [2.05, 4.69) is 15.8 Å². The van der Waals surface area contributed by atoms with Crippen LogP contribution in [0.3, 0.4) is 0 Å². The van der Waals surface area contributed by atoms with Gasteiger partial charge in [0.2, 0.25) is 0 Å². The molecule has 0 saturated carbocycles. The first-order valence-electron chi connectivity index (χ1n) is 7.21. The number of carbonyl (C=O) groups excluding carboxylic acids is 1. The van der Waals surface area contributed by atoms with Crippen LogP contribution in [0.4, 0.5) is 10.5 Å². The summed E-state index contributed by atoms with van der Waals surface area (Å²) in [6, 6.07) is 22.6. The molecule has 1 aromatic heterocycles. The molecule has 0 aliphatic carbocycles. The van der Waals surface area contributed by atoms with Crippen LogP contribution in [-0.4, -0.2) is 16.8 Å². The van der Waals surface area contributed by atoms with E-state index >= 15 is 0 Å². The lowest BCUT2D eigenvalue weighted by Crippen LogP contribution is -2.24. The van der Waals surface area contributed by atoms with Gasteiger partial charge in [-0.25, -0.2) is 10.2 Å². The highest BCUT2D eigenvalue weighted by molar-refractivity contribution is 5.90. The maximum absolute atomic E-state index is 11.8. The second kappa shape index (κ2) is 7.09. The third-order valence-electron chi connectivity index (χ3n) is 3.21. The largest absolute Gasteiger partial charge is 0.339 e. The molecule has 0 unspecified atom stereocenters. The smallest absolute Gasteiger partial charge is 0.316 e. The fraction of sp³-hybridized carbons (Fsp3) is 0. The number of para-hydroxylation sites is 2. The topological polar surface area (TPSA) is 58.4 Å². The van der Waals surface area contributed by atoms with Gasteiger partial charge in [-0.1, -0.05) is 36.4 Å². The summed E-state index contributed by atoms with van der Waals surface area (Å²) in [4.78, 5) is 11.8. The summed E-state index contributed by atoms with van der Waals surface area (Å²) in [7, 11) is 0. The molecule has 5 heteroatoms. The van der Waals surface area contributed by atoms with Gasteiger partial charge < -0.3 is 9.88 Å². The molecule has 3 rings (SSSR count). The normalized spacial score (nSPS) is 10.6. The predicted molar refractivity (Wildman–Crippen MR) is 92.0 cm³/mol. The van der Waals surface area contributed by atoms with Gasteiger partial charge in [0.15, 0.2) is 0 Å². The molecule has 2 N–H and O–H groups in total. The van der Waals surface area contributed by atoms with Gasteiger partial charge >= 0.3 is 6.03 Å². The molecule has 3 aromatic rings. The van der Waals surface area contributed by atoms with E-state index < -0.39 is 0 Å². The van der Waals surface area contributed by atoms with Crippen molar-refractivity contribution in [1.29, 1.82) is 0 Å². The highest BCUT2D eigenvalue weighted by atomic mass is 16.2. The second-order valence-electron chi connectivity index (χ2n) is 4.83. The SMILES string of the molecule is O=C(N/N=C/c1cccn1-c1ccccc1)Nc1ccccc1. The van der Waals surface area contributed by atoms with Crippen LogP contribution >= 0.6 is 0 Å². The van der Waals surface area contributed by atoms with E-state index in [4.69, 9.17) is 0 Å². The molecule has 0 bridgehead atoms. The minimum atomic E-state index is -0.384. The van der Waals surface area contributed by atoms with Crippen molar-refractivity contribution >= 4 is 17.9 Å². The van der Waals surface area contributed by atoms with Crippen molar-refractivity contribution in [3.8, 4) is 5.69 Å². The van der Waals surface area contributed by atoms with Crippen LogP contribution in [0.15, 0.2) is 84.1 Å². The summed E-state index contributed by atoms with van der Waals surface area (Å²) < 4.78 is 1.99. The summed E-state index contributed by atoms with van der Waals surface area (Å²) in [5, 5.41) is 6.69. The molecule has 23 heavy (non-hydrogen) atoms. The molecule has 0 aliphatic rings. The molecular formula is C18H16N4O. The number of hydrogen-bond acceptors (Lipinski definition) is 2. The number of rotatable bonds is 4. The molecule has 0 spiro atoms. The van der Waals surface area contributed by atoms with E-state index in [1.165, 1.54) is 0 Å². The summed E-state index contributed by atoms with van der Waals surface area (Å²) >= 11 is 0. The van der Waals surface area contributed by atoms with E-state index in [1.54, 1.807) is 6.21 Å². The van der Waals surface area contributed by atoms with E-state index in [0.717, 1.165) is 11.4 Å². The number of nitrogens with one attached hydrogen (secondary N) is 2. The summed E-state index contributed by atoms with van der Waals surface area (Å²) in [6.45, 7) is 0. The van der Waals surface area contributed by atoms with Gasteiger partial charge in [-0.15, -0.1) is 0 Å². The molecule has 5 nitrogen and oxygen atoms in total. The summed E-state index contributed by atoms with van der Waals surface area (Å²) in [5.41, 5.74) is 5.08. The summed E-state index contributed by atoms with van der Waals surface area (Å²) in [5.74, 6) is 0. The fourth-order valence-corrected chi connectivity index (χ4v) is 2.16. The van der Waals surface area contributed by atoms with Gasteiger partial charge in [0.1, 0.15) is 0 Å². The van der Waals surface area contributed by atoms with E-state index in [9.17, 15) is 4.79 Å². The number of amides is 2. The quantitative estimate of drug-likeness (QED) is 0.561. The van der Waals surface area contributed by atoms with Crippen molar-refractivity contribution in [3.63, 3.8) is 0 Å².